The van der Waals surface area contributed by atoms with Gasteiger partial charge in [0.15, 0.2) is 0 Å². The first-order valence-corrected chi connectivity index (χ1v) is 6.44. The lowest BCUT2D eigenvalue weighted by Gasteiger charge is -2.28. The Labute approximate surface area is 115 Å². The topological polar surface area (TPSA) is 29.5 Å². The lowest BCUT2D eigenvalue weighted by molar-refractivity contribution is -0.119. The van der Waals surface area contributed by atoms with E-state index in [-0.39, 0.29) is 23.2 Å². The maximum absolute atomic E-state index is 13.9. The van der Waals surface area contributed by atoms with Gasteiger partial charge in [-0.15, -0.1) is 0 Å². The van der Waals surface area contributed by atoms with Gasteiger partial charge in [0, 0.05) is 32.0 Å². The molecular formula is C13H14ClF2NO2. The van der Waals surface area contributed by atoms with Crippen LogP contribution in [0.25, 0.3) is 0 Å². The molecule has 0 amide bonds. The zero-order valence-corrected chi connectivity index (χ0v) is 11.1. The van der Waals surface area contributed by atoms with Crippen molar-refractivity contribution in [3.63, 3.8) is 0 Å². The van der Waals surface area contributed by atoms with E-state index in [0.717, 1.165) is 6.07 Å². The number of piperidine rings is 1. The number of ketones is 1. The van der Waals surface area contributed by atoms with Crippen LogP contribution in [-0.2, 0) is 4.79 Å². The maximum atomic E-state index is 13.9. The quantitative estimate of drug-likeness (QED) is 0.853. The van der Waals surface area contributed by atoms with Crippen molar-refractivity contribution in [2.24, 2.45) is 0 Å². The van der Waals surface area contributed by atoms with E-state index in [9.17, 15) is 13.6 Å². The minimum Gasteiger partial charge on any atom is -0.489 e. The molecule has 0 aliphatic carbocycles. The van der Waals surface area contributed by atoms with Crippen LogP contribution in [0.3, 0.4) is 0 Å². The summed E-state index contributed by atoms with van der Waals surface area (Å²) in [6, 6.07) is 2.62. The van der Waals surface area contributed by atoms with Crippen molar-refractivity contribution in [2.45, 2.75) is 12.8 Å². The van der Waals surface area contributed by atoms with E-state index in [1.54, 1.807) is 4.90 Å². The van der Waals surface area contributed by atoms with E-state index in [2.05, 4.69) is 0 Å². The number of carbonyl (C=O) groups excluding carboxylic acids is 1. The molecule has 6 heteroatoms. The van der Waals surface area contributed by atoms with Gasteiger partial charge in [-0.1, -0.05) is 11.6 Å². The minimum absolute atomic E-state index is 0.114. The maximum Gasteiger partial charge on any atom is 0.148 e. The number of anilines is 1. The lowest BCUT2D eigenvalue weighted by atomic mass is 10.1. The zero-order valence-electron chi connectivity index (χ0n) is 10.3. The van der Waals surface area contributed by atoms with Crippen molar-refractivity contribution in [1.82, 2.24) is 0 Å². The first-order valence-electron chi connectivity index (χ1n) is 6.06. The first kappa shape index (κ1) is 14.1. The van der Waals surface area contributed by atoms with E-state index >= 15 is 0 Å². The molecular weight excluding hydrogens is 276 g/mol. The Morgan fingerprint density at radius 3 is 2.63 bits per heavy atom. The lowest BCUT2D eigenvalue weighted by Crippen LogP contribution is -2.34. The Morgan fingerprint density at radius 2 is 2.00 bits per heavy atom. The van der Waals surface area contributed by atoms with Gasteiger partial charge >= 0.3 is 0 Å². The third-order valence-corrected chi connectivity index (χ3v) is 3.29. The molecule has 19 heavy (non-hydrogen) atoms. The predicted octanol–water partition coefficient (Wildman–Crippen LogP) is 3.00. The molecule has 1 aromatic carbocycles. The fourth-order valence-corrected chi connectivity index (χ4v) is 2.22. The monoisotopic (exact) mass is 289 g/mol. The molecule has 2 rings (SSSR count). The molecule has 1 aliphatic rings. The summed E-state index contributed by atoms with van der Waals surface area (Å²) in [6.07, 6.45) is 0.811. The van der Waals surface area contributed by atoms with Crippen LogP contribution in [0, 0.1) is 5.82 Å². The second kappa shape index (κ2) is 6.19. The molecule has 1 saturated heterocycles. The minimum atomic E-state index is -0.638. The number of alkyl halides is 1. The largest absolute Gasteiger partial charge is 0.489 e. The summed E-state index contributed by atoms with van der Waals surface area (Å²) < 4.78 is 31.1. The number of ether oxygens (including phenoxy) is 1. The summed E-state index contributed by atoms with van der Waals surface area (Å²) in [4.78, 5) is 13.0. The Balaban J connectivity index is 2.21. The molecule has 0 radical (unpaired) electrons. The molecule has 1 fully saturated rings. The molecule has 0 spiro atoms. The second-order valence-corrected chi connectivity index (χ2v) is 4.70. The van der Waals surface area contributed by atoms with Crippen LogP contribution in [0.1, 0.15) is 12.8 Å². The summed E-state index contributed by atoms with van der Waals surface area (Å²) in [6.45, 7) is 0.185. The van der Waals surface area contributed by atoms with Crippen molar-refractivity contribution in [1.29, 1.82) is 0 Å². The fourth-order valence-electron chi connectivity index (χ4n) is 2.02. The van der Waals surface area contributed by atoms with Crippen molar-refractivity contribution < 1.29 is 18.3 Å². The van der Waals surface area contributed by atoms with Gasteiger partial charge in [-0.25, -0.2) is 8.78 Å². The van der Waals surface area contributed by atoms with Gasteiger partial charge in [0.1, 0.15) is 30.6 Å². The Kier molecular flexibility index (Phi) is 4.58. The van der Waals surface area contributed by atoms with Gasteiger partial charge in [-0.3, -0.25) is 4.79 Å². The number of hydrogen-bond acceptors (Lipinski definition) is 3. The normalized spacial score (nSPS) is 15.7. The van der Waals surface area contributed by atoms with Gasteiger partial charge in [0.05, 0.1) is 10.7 Å². The number of rotatable bonds is 4. The smallest absolute Gasteiger partial charge is 0.148 e. The number of hydrogen-bond donors (Lipinski definition) is 0. The summed E-state index contributed by atoms with van der Waals surface area (Å²) in [5.74, 6) is -0.0286. The van der Waals surface area contributed by atoms with Crippen LogP contribution in [0.2, 0.25) is 5.02 Å². The van der Waals surface area contributed by atoms with E-state index < -0.39 is 12.5 Å². The molecule has 3 nitrogen and oxygen atoms in total. The van der Waals surface area contributed by atoms with Gasteiger partial charge in [0.25, 0.3) is 0 Å². The number of Topliss-reactive ketones (excluding diaryl/α,β-unsaturated/α-hetero) is 1. The van der Waals surface area contributed by atoms with E-state index in [0.29, 0.717) is 31.6 Å². The summed E-state index contributed by atoms with van der Waals surface area (Å²) >= 11 is 5.84. The van der Waals surface area contributed by atoms with Crippen LogP contribution in [0.15, 0.2) is 12.1 Å². The van der Waals surface area contributed by atoms with Crippen LogP contribution in [0.4, 0.5) is 14.5 Å². The summed E-state index contributed by atoms with van der Waals surface area (Å²) in [5, 5.41) is 0.114. The Hall–Kier alpha value is -1.36. The highest BCUT2D eigenvalue weighted by molar-refractivity contribution is 6.32. The van der Waals surface area contributed by atoms with Crippen LogP contribution in [0.5, 0.6) is 5.75 Å². The van der Waals surface area contributed by atoms with Crippen LogP contribution < -0.4 is 9.64 Å². The molecule has 0 bridgehead atoms. The van der Waals surface area contributed by atoms with Gasteiger partial charge < -0.3 is 9.64 Å². The highest BCUT2D eigenvalue weighted by atomic mass is 35.5. The molecule has 1 aromatic rings. The third-order valence-electron chi connectivity index (χ3n) is 3.00. The van der Waals surface area contributed by atoms with Gasteiger partial charge in [-0.05, 0) is 6.07 Å². The number of halogens is 3. The predicted molar refractivity (Wildman–Crippen MR) is 69.3 cm³/mol. The van der Waals surface area contributed by atoms with Crippen molar-refractivity contribution >= 4 is 23.1 Å². The highest BCUT2D eigenvalue weighted by Crippen LogP contribution is 2.33. The SMILES string of the molecule is O=C1CCN(c2cc(OCCF)c(Cl)cc2F)CC1. The summed E-state index contributed by atoms with van der Waals surface area (Å²) in [5.41, 5.74) is 0.339. The first-order chi connectivity index (χ1) is 9.11. The van der Waals surface area contributed by atoms with Gasteiger partial charge in [0.2, 0.25) is 0 Å². The average Bonchev–Trinajstić information content (AvgIpc) is 2.39. The van der Waals surface area contributed by atoms with E-state index in [1.807, 2.05) is 0 Å². The number of carbonyl (C=O) groups is 1. The van der Waals surface area contributed by atoms with Crippen LogP contribution in [-0.4, -0.2) is 32.2 Å². The molecule has 1 aliphatic heterocycles. The van der Waals surface area contributed by atoms with E-state index in [4.69, 9.17) is 16.3 Å². The molecule has 0 atom stereocenters. The van der Waals surface area contributed by atoms with Crippen LogP contribution >= 0.6 is 11.6 Å². The molecule has 104 valence electrons. The standard InChI is InChI=1S/C13H14ClF2NO2/c14-10-7-11(16)12(8-13(10)19-6-3-15)17-4-1-9(18)2-5-17/h7-8H,1-6H2. The Morgan fingerprint density at radius 1 is 1.32 bits per heavy atom. The van der Waals surface area contributed by atoms with Crippen molar-refractivity contribution in [2.75, 3.05) is 31.3 Å². The third kappa shape index (κ3) is 3.35. The summed E-state index contributed by atoms with van der Waals surface area (Å²) in [7, 11) is 0. The molecule has 1 heterocycles. The fraction of sp³-hybridized carbons (Fsp3) is 0.462. The highest BCUT2D eigenvalue weighted by Gasteiger charge is 2.20. The van der Waals surface area contributed by atoms with E-state index in [1.165, 1.54) is 6.07 Å². The molecule has 0 N–H and O–H groups in total. The van der Waals surface area contributed by atoms with Crippen molar-refractivity contribution in [3.8, 4) is 5.75 Å². The molecule has 0 unspecified atom stereocenters. The second-order valence-electron chi connectivity index (χ2n) is 4.30. The zero-order chi connectivity index (χ0) is 13.8. The number of benzene rings is 1. The number of nitrogens with zero attached hydrogens (tertiary/aromatic N) is 1. The molecule has 0 saturated carbocycles. The van der Waals surface area contributed by atoms with Gasteiger partial charge in [-0.2, -0.15) is 0 Å². The van der Waals surface area contributed by atoms with Crippen molar-refractivity contribution in [3.05, 3.63) is 23.0 Å². The Bertz CT molecular complexity index is 472. The molecule has 0 aromatic heterocycles. The average molecular weight is 290 g/mol.